The van der Waals surface area contributed by atoms with Gasteiger partial charge in [-0.05, 0) is 29.3 Å². The van der Waals surface area contributed by atoms with Crippen LogP contribution in [0.5, 0.6) is 0 Å². The van der Waals surface area contributed by atoms with Crippen LogP contribution in [0.2, 0.25) is 0 Å². The first-order valence-corrected chi connectivity index (χ1v) is 4.00. The molecule has 2 atom stereocenters. The zero-order valence-corrected chi connectivity index (χ0v) is 6.02. The fraction of sp³-hybridized carbons (Fsp3) is 0.429. The molecule has 1 aliphatic heterocycles. The van der Waals surface area contributed by atoms with Crippen LogP contribution in [-0.4, -0.2) is 6.10 Å². The van der Waals surface area contributed by atoms with E-state index in [1.54, 1.807) is 11.3 Å². The minimum absolute atomic E-state index is 0.413. The van der Waals surface area contributed by atoms with Crippen molar-refractivity contribution in [2.45, 2.75) is 19.1 Å². The Morgan fingerprint density at radius 1 is 1.67 bits per heavy atom. The summed E-state index contributed by atoms with van der Waals surface area (Å²) in [7, 11) is 0. The molecule has 0 aromatic carbocycles. The minimum Gasteiger partial charge on any atom is -0.365 e. The second-order valence-corrected chi connectivity index (χ2v) is 3.10. The van der Waals surface area contributed by atoms with Crippen molar-refractivity contribution in [1.29, 1.82) is 0 Å². The summed E-state index contributed by atoms with van der Waals surface area (Å²) in [6, 6.07) is 2.12. The van der Waals surface area contributed by atoms with Crippen molar-refractivity contribution in [3.05, 3.63) is 22.4 Å². The normalized spacial score (nSPS) is 32.6. The molecule has 0 N–H and O–H groups in total. The van der Waals surface area contributed by atoms with Gasteiger partial charge in [-0.25, -0.2) is 0 Å². The van der Waals surface area contributed by atoms with Crippen LogP contribution in [0.15, 0.2) is 16.8 Å². The Kier molecular flexibility index (Phi) is 1.10. The van der Waals surface area contributed by atoms with Crippen molar-refractivity contribution < 1.29 is 4.74 Å². The molecule has 2 rings (SSSR count). The van der Waals surface area contributed by atoms with E-state index >= 15 is 0 Å². The SMILES string of the molecule is CC1OC1c1ccsc1. The third-order valence-electron chi connectivity index (χ3n) is 1.58. The molecular formula is C7H8OS. The molecule has 2 heterocycles. The highest BCUT2D eigenvalue weighted by Crippen LogP contribution is 2.38. The second kappa shape index (κ2) is 1.82. The van der Waals surface area contributed by atoms with Gasteiger partial charge in [0.15, 0.2) is 0 Å². The van der Waals surface area contributed by atoms with E-state index in [2.05, 4.69) is 23.8 Å². The monoisotopic (exact) mass is 140 g/mol. The van der Waals surface area contributed by atoms with Gasteiger partial charge in [-0.3, -0.25) is 0 Å². The highest BCUT2D eigenvalue weighted by Gasteiger charge is 2.35. The molecule has 1 aliphatic rings. The molecule has 2 unspecified atom stereocenters. The van der Waals surface area contributed by atoms with Gasteiger partial charge in [0.2, 0.25) is 0 Å². The molecule has 0 aliphatic carbocycles. The van der Waals surface area contributed by atoms with Crippen LogP contribution in [0.3, 0.4) is 0 Å². The first-order valence-electron chi connectivity index (χ1n) is 3.05. The maximum Gasteiger partial charge on any atom is 0.110 e. The number of rotatable bonds is 1. The van der Waals surface area contributed by atoms with Crippen molar-refractivity contribution >= 4 is 11.3 Å². The van der Waals surface area contributed by atoms with Crippen LogP contribution in [0.1, 0.15) is 18.6 Å². The number of hydrogen-bond donors (Lipinski definition) is 0. The molecule has 9 heavy (non-hydrogen) atoms. The Balaban J connectivity index is 2.18. The summed E-state index contributed by atoms with van der Waals surface area (Å²) in [6.45, 7) is 2.10. The van der Waals surface area contributed by atoms with Crippen LogP contribution in [0.4, 0.5) is 0 Å². The van der Waals surface area contributed by atoms with Gasteiger partial charge in [0.1, 0.15) is 6.10 Å². The molecule has 0 spiro atoms. The van der Waals surface area contributed by atoms with Crippen molar-refractivity contribution in [1.82, 2.24) is 0 Å². The fourth-order valence-corrected chi connectivity index (χ4v) is 1.66. The largest absolute Gasteiger partial charge is 0.365 e. The van der Waals surface area contributed by atoms with E-state index in [4.69, 9.17) is 4.74 Å². The van der Waals surface area contributed by atoms with Gasteiger partial charge in [0.25, 0.3) is 0 Å². The maximum absolute atomic E-state index is 5.27. The van der Waals surface area contributed by atoms with E-state index in [9.17, 15) is 0 Å². The van der Waals surface area contributed by atoms with Crippen LogP contribution in [-0.2, 0) is 4.74 Å². The van der Waals surface area contributed by atoms with Gasteiger partial charge in [-0.2, -0.15) is 11.3 Å². The Morgan fingerprint density at radius 2 is 2.44 bits per heavy atom. The first-order chi connectivity index (χ1) is 4.38. The van der Waals surface area contributed by atoms with Crippen molar-refractivity contribution in [2.24, 2.45) is 0 Å². The van der Waals surface area contributed by atoms with Gasteiger partial charge in [0.05, 0.1) is 6.10 Å². The lowest BCUT2D eigenvalue weighted by Crippen LogP contribution is -1.76. The maximum atomic E-state index is 5.27. The lowest BCUT2D eigenvalue weighted by Gasteiger charge is -1.81. The highest BCUT2D eigenvalue weighted by atomic mass is 32.1. The smallest absolute Gasteiger partial charge is 0.110 e. The molecule has 0 saturated carbocycles. The molecule has 1 nitrogen and oxygen atoms in total. The second-order valence-electron chi connectivity index (χ2n) is 2.32. The number of thiophene rings is 1. The van der Waals surface area contributed by atoms with Crippen molar-refractivity contribution in [2.75, 3.05) is 0 Å². The van der Waals surface area contributed by atoms with Crippen LogP contribution in [0, 0.1) is 0 Å². The van der Waals surface area contributed by atoms with Crippen LogP contribution < -0.4 is 0 Å². The van der Waals surface area contributed by atoms with Gasteiger partial charge < -0.3 is 4.74 Å². The third kappa shape index (κ3) is 0.884. The summed E-state index contributed by atoms with van der Waals surface area (Å²) in [5.41, 5.74) is 1.34. The summed E-state index contributed by atoms with van der Waals surface area (Å²) >= 11 is 1.73. The molecule has 0 bridgehead atoms. The Bertz CT molecular complexity index is 193. The zero-order valence-electron chi connectivity index (χ0n) is 5.20. The average molecular weight is 140 g/mol. The Morgan fingerprint density at radius 3 is 2.89 bits per heavy atom. The van der Waals surface area contributed by atoms with Gasteiger partial charge in [-0.15, -0.1) is 0 Å². The number of epoxide rings is 1. The van der Waals surface area contributed by atoms with Crippen molar-refractivity contribution in [3.8, 4) is 0 Å². The standard InChI is InChI=1S/C7H8OS/c1-5-7(8-5)6-2-3-9-4-6/h2-5,7H,1H3. The molecule has 0 amide bonds. The van der Waals surface area contributed by atoms with E-state index in [1.165, 1.54) is 5.56 Å². The Labute approximate surface area is 58.3 Å². The minimum atomic E-state index is 0.413. The first kappa shape index (κ1) is 5.45. The lowest BCUT2D eigenvalue weighted by atomic mass is 10.2. The quantitative estimate of drug-likeness (QED) is 0.545. The van der Waals surface area contributed by atoms with E-state index in [0.717, 1.165) is 0 Å². The predicted octanol–water partition coefficient (Wildman–Crippen LogP) is 2.21. The highest BCUT2D eigenvalue weighted by molar-refractivity contribution is 7.07. The van der Waals surface area contributed by atoms with Gasteiger partial charge in [-0.1, -0.05) is 0 Å². The van der Waals surface area contributed by atoms with Crippen molar-refractivity contribution in [3.63, 3.8) is 0 Å². The third-order valence-corrected chi connectivity index (χ3v) is 2.28. The molecule has 1 fully saturated rings. The summed E-state index contributed by atoms with van der Waals surface area (Å²) in [6.07, 6.45) is 0.871. The molecule has 2 heteroatoms. The number of hydrogen-bond acceptors (Lipinski definition) is 2. The molecule has 1 aromatic heterocycles. The molecule has 1 aromatic rings. The molecule has 1 saturated heterocycles. The molecule has 48 valence electrons. The van der Waals surface area contributed by atoms with Crippen LogP contribution in [0.25, 0.3) is 0 Å². The summed E-state index contributed by atoms with van der Waals surface area (Å²) in [5.74, 6) is 0. The molecule has 0 radical (unpaired) electrons. The average Bonchev–Trinajstić information content (AvgIpc) is 2.44. The lowest BCUT2D eigenvalue weighted by molar-refractivity contribution is 0.383. The predicted molar refractivity (Wildman–Crippen MR) is 37.6 cm³/mol. The topological polar surface area (TPSA) is 12.5 Å². The zero-order chi connectivity index (χ0) is 6.27. The van der Waals surface area contributed by atoms with E-state index in [-0.39, 0.29) is 0 Å². The Hall–Kier alpha value is -0.340. The molecular weight excluding hydrogens is 132 g/mol. The van der Waals surface area contributed by atoms with E-state index in [0.29, 0.717) is 12.2 Å². The summed E-state index contributed by atoms with van der Waals surface area (Å²) < 4.78 is 5.27. The van der Waals surface area contributed by atoms with Gasteiger partial charge >= 0.3 is 0 Å². The fourth-order valence-electron chi connectivity index (χ4n) is 0.972. The van der Waals surface area contributed by atoms with E-state index < -0.39 is 0 Å². The number of ether oxygens (including phenoxy) is 1. The van der Waals surface area contributed by atoms with Crippen LogP contribution >= 0.6 is 11.3 Å². The summed E-state index contributed by atoms with van der Waals surface area (Å²) in [4.78, 5) is 0. The van der Waals surface area contributed by atoms with E-state index in [1.807, 2.05) is 0 Å². The summed E-state index contributed by atoms with van der Waals surface area (Å²) in [5, 5.41) is 4.23. The van der Waals surface area contributed by atoms with Gasteiger partial charge in [0, 0.05) is 0 Å².